The number of hydrogen-bond donors (Lipinski definition) is 1. The monoisotopic (exact) mass is 285 g/mol. The van der Waals surface area contributed by atoms with Gasteiger partial charge in [-0.15, -0.1) is 0 Å². The zero-order chi connectivity index (χ0) is 15.3. The van der Waals surface area contributed by atoms with E-state index in [4.69, 9.17) is 4.74 Å². The SMILES string of the molecule is CC(C)NCc1cc(F)c(OCCC(C)(C)C)c(F)c1. The molecule has 0 aliphatic heterocycles. The first-order valence-electron chi connectivity index (χ1n) is 7.03. The standard InChI is InChI=1S/C16H25F2NO/c1-11(2)19-10-12-8-13(17)15(14(18)9-12)20-7-6-16(3,4)5/h8-9,11,19H,6-7,10H2,1-5H3. The Kier molecular flexibility index (Phi) is 5.93. The predicted octanol–water partition coefficient (Wildman–Crippen LogP) is 4.28. The fourth-order valence-corrected chi connectivity index (χ4v) is 1.63. The first kappa shape index (κ1) is 16.9. The van der Waals surface area contributed by atoms with Gasteiger partial charge in [-0.3, -0.25) is 0 Å². The molecule has 0 unspecified atom stereocenters. The molecule has 0 atom stereocenters. The van der Waals surface area contributed by atoms with Gasteiger partial charge >= 0.3 is 0 Å². The van der Waals surface area contributed by atoms with E-state index in [-0.39, 0.29) is 17.2 Å². The second-order valence-corrected chi connectivity index (χ2v) is 6.58. The van der Waals surface area contributed by atoms with Crippen LogP contribution in [0.15, 0.2) is 12.1 Å². The molecule has 0 fully saturated rings. The van der Waals surface area contributed by atoms with E-state index in [2.05, 4.69) is 26.1 Å². The zero-order valence-electron chi connectivity index (χ0n) is 13.0. The first-order valence-corrected chi connectivity index (χ1v) is 7.03. The summed E-state index contributed by atoms with van der Waals surface area (Å²) in [6, 6.07) is 2.92. The molecular weight excluding hydrogens is 260 g/mol. The van der Waals surface area contributed by atoms with Crippen molar-refractivity contribution in [2.24, 2.45) is 5.41 Å². The minimum atomic E-state index is -0.639. The lowest BCUT2D eigenvalue weighted by Gasteiger charge is -2.18. The van der Waals surface area contributed by atoms with Crippen molar-refractivity contribution in [2.75, 3.05) is 6.61 Å². The maximum Gasteiger partial charge on any atom is 0.190 e. The minimum absolute atomic E-state index is 0.0775. The normalized spacial score (nSPS) is 12.0. The van der Waals surface area contributed by atoms with Gasteiger partial charge in [0, 0.05) is 12.6 Å². The molecule has 0 aromatic heterocycles. The van der Waals surface area contributed by atoms with E-state index in [0.29, 0.717) is 18.7 Å². The number of hydrogen-bond acceptors (Lipinski definition) is 2. The van der Waals surface area contributed by atoms with Gasteiger partial charge in [-0.05, 0) is 29.5 Å². The molecule has 0 spiro atoms. The van der Waals surface area contributed by atoms with Gasteiger partial charge in [0.1, 0.15) is 0 Å². The molecule has 0 aliphatic rings. The van der Waals surface area contributed by atoms with Crippen LogP contribution in [0, 0.1) is 17.0 Å². The topological polar surface area (TPSA) is 21.3 Å². The van der Waals surface area contributed by atoms with Crippen molar-refractivity contribution < 1.29 is 13.5 Å². The van der Waals surface area contributed by atoms with Crippen LogP contribution in [0.4, 0.5) is 8.78 Å². The van der Waals surface area contributed by atoms with Crippen LogP contribution in [0.1, 0.15) is 46.6 Å². The van der Waals surface area contributed by atoms with Gasteiger partial charge in [-0.2, -0.15) is 0 Å². The van der Waals surface area contributed by atoms with Crippen LogP contribution in [-0.4, -0.2) is 12.6 Å². The smallest absolute Gasteiger partial charge is 0.190 e. The fraction of sp³-hybridized carbons (Fsp3) is 0.625. The molecule has 114 valence electrons. The lowest BCUT2D eigenvalue weighted by molar-refractivity contribution is 0.226. The number of nitrogens with one attached hydrogen (secondary N) is 1. The number of rotatable bonds is 6. The molecule has 1 aromatic rings. The molecule has 1 N–H and O–H groups in total. The van der Waals surface area contributed by atoms with Crippen LogP contribution in [-0.2, 0) is 6.54 Å². The zero-order valence-corrected chi connectivity index (χ0v) is 13.0. The molecule has 4 heteroatoms. The second kappa shape index (κ2) is 7.02. The Bertz CT molecular complexity index is 416. The summed E-state index contributed by atoms with van der Waals surface area (Å²) < 4.78 is 33.0. The van der Waals surface area contributed by atoms with Crippen molar-refractivity contribution >= 4 is 0 Å². The molecular formula is C16H25F2NO. The van der Waals surface area contributed by atoms with Gasteiger partial charge in [0.15, 0.2) is 17.4 Å². The van der Waals surface area contributed by atoms with E-state index in [1.54, 1.807) is 0 Å². The maximum absolute atomic E-state index is 13.9. The molecule has 0 bridgehead atoms. The summed E-state index contributed by atoms with van der Waals surface area (Å²) in [5.41, 5.74) is 0.658. The summed E-state index contributed by atoms with van der Waals surface area (Å²) in [6.07, 6.45) is 0.739. The molecule has 2 nitrogen and oxygen atoms in total. The molecule has 0 amide bonds. The van der Waals surface area contributed by atoms with Crippen molar-refractivity contribution in [2.45, 2.75) is 53.6 Å². The fourth-order valence-electron chi connectivity index (χ4n) is 1.63. The molecule has 0 saturated heterocycles. The largest absolute Gasteiger partial charge is 0.488 e. The molecule has 0 saturated carbocycles. The Labute approximate surface area is 120 Å². The molecule has 1 aromatic carbocycles. The third-order valence-electron chi connectivity index (χ3n) is 2.87. The maximum atomic E-state index is 13.9. The van der Waals surface area contributed by atoms with E-state index in [1.807, 2.05) is 13.8 Å². The predicted molar refractivity (Wildman–Crippen MR) is 77.9 cm³/mol. The average Bonchev–Trinajstić information content (AvgIpc) is 2.28. The van der Waals surface area contributed by atoms with Crippen LogP contribution < -0.4 is 10.1 Å². The molecule has 0 heterocycles. The summed E-state index contributed by atoms with van der Waals surface area (Å²) in [5.74, 6) is -1.55. The van der Waals surface area contributed by atoms with Crippen molar-refractivity contribution in [3.05, 3.63) is 29.3 Å². The Morgan fingerprint density at radius 1 is 1.15 bits per heavy atom. The van der Waals surface area contributed by atoms with Crippen LogP contribution in [0.5, 0.6) is 5.75 Å². The van der Waals surface area contributed by atoms with E-state index in [1.165, 1.54) is 12.1 Å². The Morgan fingerprint density at radius 3 is 2.15 bits per heavy atom. The Balaban J connectivity index is 2.69. The molecule has 1 rings (SSSR count). The van der Waals surface area contributed by atoms with Gasteiger partial charge < -0.3 is 10.1 Å². The van der Waals surface area contributed by atoms with Gasteiger partial charge in [0.25, 0.3) is 0 Å². The summed E-state index contributed by atoms with van der Waals surface area (Å²) in [6.45, 7) is 10.9. The van der Waals surface area contributed by atoms with Crippen molar-refractivity contribution in [1.29, 1.82) is 0 Å². The summed E-state index contributed by atoms with van der Waals surface area (Å²) >= 11 is 0. The molecule has 20 heavy (non-hydrogen) atoms. The summed E-state index contributed by atoms with van der Waals surface area (Å²) in [7, 11) is 0. The lowest BCUT2D eigenvalue weighted by Crippen LogP contribution is -2.22. The van der Waals surface area contributed by atoms with E-state index in [9.17, 15) is 8.78 Å². The average molecular weight is 285 g/mol. The second-order valence-electron chi connectivity index (χ2n) is 6.58. The van der Waals surface area contributed by atoms with Gasteiger partial charge in [-0.1, -0.05) is 34.6 Å². The van der Waals surface area contributed by atoms with Crippen LogP contribution in [0.25, 0.3) is 0 Å². The lowest BCUT2D eigenvalue weighted by atomic mass is 9.93. The van der Waals surface area contributed by atoms with Gasteiger partial charge in [-0.25, -0.2) is 8.78 Å². The van der Waals surface area contributed by atoms with E-state index in [0.717, 1.165) is 6.42 Å². The van der Waals surface area contributed by atoms with Crippen molar-refractivity contribution in [1.82, 2.24) is 5.32 Å². The number of benzene rings is 1. The molecule has 0 aliphatic carbocycles. The summed E-state index contributed by atoms with van der Waals surface area (Å²) in [4.78, 5) is 0. The van der Waals surface area contributed by atoms with Crippen LogP contribution in [0.2, 0.25) is 0 Å². The quantitative estimate of drug-likeness (QED) is 0.842. The number of ether oxygens (including phenoxy) is 1. The van der Waals surface area contributed by atoms with E-state index < -0.39 is 11.6 Å². The molecule has 0 radical (unpaired) electrons. The van der Waals surface area contributed by atoms with E-state index >= 15 is 0 Å². The highest BCUT2D eigenvalue weighted by Gasteiger charge is 2.15. The van der Waals surface area contributed by atoms with Crippen molar-refractivity contribution in [3.8, 4) is 5.75 Å². The minimum Gasteiger partial charge on any atom is -0.488 e. The number of halogens is 2. The third kappa shape index (κ3) is 5.87. The Hall–Kier alpha value is -1.16. The third-order valence-corrected chi connectivity index (χ3v) is 2.87. The Morgan fingerprint density at radius 2 is 1.70 bits per heavy atom. The van der Waals surface area contributed by atoms with Crippen molar-refractivity contribution in [3.63, 3.8) is 0 Å². The highest BCUT2D eigenvalue weighted by atomic mass is 19.1. The van der Waals surface area contributed by atoms with Crippen LogP contribution in [0.3, 0.4) is 0 Å². The highest BCUT2D eigenvalue weighted by Crippen LogP contribution is 2.25. The summed E-state index contributed by atoms with van der Waals surface area (Å²) in [5, 5.41) is 3.12. The van der Waals surface area contributed by atoms with Gasteiger partial charge in [0.2, 0.25) is 0 Å². The van der Waals surface area contributed by atoms with Crippen LogP contribution >= 0.6 is 0 Å². The highest BCUT2D eigenvalue weighted by molar-refractivity contribution is 5.31. The first-order chi connectivity index (χ1) is 9.19. The van der Waals surface area contributed by atoms with Gasteiger partial charge in [0.05, 0.1) is 6.61 Å².